The Bertz CT molecular complexity index is 3030. The monoisotopic (exact) mass is 1420 g/mol. The van der Waals surface area contributed by atoms with Crippen molar-refractivity contribution in [3.63, 3.8) is 0 Å². The van der Waals surface area contributed by atoms with Gasteiger partial charge in [0.1, 0.15) is 30.0 Å². The van der Waals surface area contributed by atoms with Crippen LogP contribution in [-0.2, 0) is 57.5 Å². The zero-order chi connectivity index (χ0) is 74.3. The lowest BCUT2D eigenvalue weighted by atomic mass is 9.89. The molecular weight excluding hydrogens is 1320 g/mol. The molecule has 31 heteroatoms. The summed E-state index contributed by atoms with van der Waals surface area (Å²) in [7, 11) is 3.32. The van der Waals surface area contributed by atoms with E-state index in [1.807, 2.05) is 19.9 Å². The summed E-state index contributed by atoms with van der Waals surface area (Å²) in [6.45, 7) is 3.52. The highest BCUT2D eigenvalue weighted by atomic mass is 19.4. The first-order valence-corrected chi connectivity index (χ1v) is 33.4. The second-order valence-corrected chi connectivity index (χ2v) is 24.5. The van der Waals surface area contributed by atoms with Crippen LogP contribution in [0.25, 0.3) is 0 Å². The Balaban J connectivity index is 0.00000137. The summed E-state index contributed by atoms with van der Waals surface area (Å²) in [4.78, 5) is 157. The van der Waals surface area contributed by atoms with Crippen molar-refractivity contribution in [1.82, 2.24) is 47.0 Å². The highest BCUT2D eigenvalue weighted by Crippen LogP contribution is 2.37. The Labute approximate surface area is 576 Å². The summed E-state index contributed by atoms with van der Waals surface area (Å²) in [6.07, 6.45) is -3.49. The van der Waals surface area contributed by atoms with E-state index in [2.05, 4.69) is 60.9 Å². The standard InChI is InChI=1S/C65H89N9O12.2C2HF3O2/c1-5-50(66-3)61(82)71-58-44(40-75)29-31-46-33-35-52(73(46)64(58)85)55(79)39-49(42-21-13-11-14-22-42)60(81)69-38-19-26-48(77)25-17-9-7-8-10-18-28-56(80)68-37-20-27-54(78)57(43-23-15-12-16-24-43)70-63(84)53-36-34-47-32-30-45(41-76)59(65(86)74(47)53)72-62(83)51(6-2)67-4;2*3-2(4,5)1(6)7/h11-16,21-24,44-47,49-53,57-59,66-67,75-76H,5-6,17-20,25-41H2,1-4H3,(H,68,80)(H,69,81)(H,70,84)(H,71,82)(H,72,83);2*(H,6,7)/t44-,45-,46+,47+,49+,50+,51+,52+,53+,57+,58+,59+;;/m1../s1. The number of ketones is 3. The van der Waals surface area contributed by atoms with Gasteiger partial charge < -0.3 is 67.4 Å². The molecule has 12 atom stereocenters. The predicted octanol–water partition coefficient (Wildman–Crippen LogP) is 3.84. The molecule has 0 spiro atoms. The van der Waals surface area contributed by atoms with Gasteiger partial charge in [-0.25, -0.2) is 9.59 Å². The molecule has 0 aromatic heterocycles. The number of hydrogen-bond donors (Lipinski definition) is 11. The molecule has 550 valence electrons. The molecule has 4 saturated heterocycles. The highest BCUT2D eigenvalue weighted by molar-refractivity contribution is 5.98. The zero-order valence-corrected chi connectivity index (χ0v) is 56.3. The van der Waals surface area contributed by atoms with Crippen LogP contribution in [0.15, 0.2) is 60.7 Å². The number of alkyl halides is 6. The average Bonchev–Trinajstić information content (AvgIpc) is 1.63. The van der Waals surface area contributed by atoms with E-state index in [1.165, 1.54) is 0 Å². The fraction of sp³-hybridized carbons (Fsp3) is 0.594. The van der Waals surface area contributed by atoms with Gasteiger partial charge in [-0.3, -0.25) is 47.9 Å². The van der Waals surface area contributed by atoms with Crippen molar-refractivity contribution in [1.29, 1.82) is 0 Å². The van der Waals surface area contributed by atoms with Crippen LogP contribution in [0.5, 0.6) is 0 Å². The molecule has 4 fully saturated rings. The van der Waals surface area contributed by atoms with E-state index in [9.17, 15) is 84.5 Å². The summed E-state index contributed by atoms with van der Waals surface area (Å²) in [5.41, 5.74) is 1.22. The molecule has 4 heterocycles. The molecule has 4 aliphatic heterocycles. The summed E-state index contributed by atoms with van der Waals surface area (Å²) in [5.74, 6) is 0.572. The molecule has 0 bridgehead atoms. The number of rotatable bonds is 31. The maximum atomic E-state index is 14.2. The first-order chi connectivity index (χ1) is 47.5. The number of halogens is 6. The molecule has 2 aromatic carbocycles. The van der Waals surface area contributed by atoms with Crippen molar-refractivity contribution in [2.75, 3.05) is 40.4 Å². The first-order valence-electron chi connectivity index (χ1n) is 33.4. The number of aliphatic hydroxyl groups is 2. The Morgan fingerprint density at radius 1 is 0.560 bits per heavy atom. The van der Waals surface area contributed by atoms with Gasteiger partial charge in [-0.15, -0.1) is 0 Å². The Hall–Kier alpha value is -8.78. The van der Waals surface area contributed by atoms with Gasteiger partial charge in [0.05, 0.1) is 24.0 Å². The minimum atomic E-state index is -5.08. The van der Waals surface area contributed by atoms with E-state index < -0.39 is 102 Å². The second kappa shape index (κ2) is 41.7. The van der Waals surface area contributed by atoms with E-state index in [0.717, 1.165) is 0 Å². The lowest BCUT2D eigenvalue weighted by Crippen LogP contribution is -2.58. The van der Waals surface area contributed by atoms with Crippen LogP contribution in [0, 0.1) is 35.5 Å². The van der Waals surface area contributed by atoms with Crippen LogP contribution in [0.3, 0.4) is 0 Å². The number of nitrogens with one attached hydrogen (secondary N) is 7. The Kier molecular flexibility index (Phi) is 34.9. The van der Waals surface area contributed by atoms with Crippen LogP contribution in [0.4, 0.5) is 26.3 Å². The Morgan fingerprint density at radius 3 is 1.45 bits per heavy atom. The van der Waals surface area contributed by atoms with Crippen molar-refractivity contribution in [3.8, 4) is 23.7 Å². The van der Waals surface area contributed by atoms with Crippen LogP contribution in [0.1, 0.15) is 159 Å². The molecule has 0 aliphatic carbocycles. The number of benzene rings is 2. The van der Waals surface area contributed by atoms with Gasteiger partial charge in [0.25, 0.3) is 0 Å². The zero-order valence-electron chi connectivity index (χ0n) is 56.3. The molecule has 0 radical (unpaired) electrons. The summed E-state index contributed by atoms with van der Waals surface area (Å²) < 4.78 is 63.5. The van der Waals surface area contributed by atoms with E-state index in [0.29, 0.717) is 88.2 Å². The molecule has 11 N–H and O–H groups in total. The number of carboxylic acid groups (broad SMARTS) is 2. The van der Waals surface area contributed by atoms with Crippen molar-refractivity contribution in [3.05, 3.63) is 71.8 Å². The van der Waals surface area contributed by atoms with E-state index in [1.54, 1.807) is 78.5 Å². The van der Waals surface area contributed by atoms with E-state index in [-0.39, 0.29) is 124 Å². The molecule has 0 unspecified atom stereocenters. The number of carboxylic acids is 2. The lowest BCUT2D eigenvalue weighted by Gasteiger charge is -2.33. The fourth-order valence-electron chi connectivity index (χ4n) is 12.4. The SMILES string of the molecule is CC[C@H](NC)C(=O)N[C@@H]1C(=O)N2[C@@H](CC[C@@H]1CO)CC[C@H]2C(=O)C[C@H](C(=O)NCCCC(=O)CCC#CC#CCCC(=O)NCCCC(=O)[C@@H](NC(=O)[C@@H]1CC[C@@H]2CC[C@H](CO)[C@H](NC(=O)[C@H](CC)NC)C(=O)N21)c1ccccc1)c1ccccc1.O=C(O)C(F)(F)F.O=C(O)C(F)(F)F. The van der Waals surface area contributed by atoms with Crippen LogP contribution < -0.4 is 37.2 Å². The van der Waals surface area contributed by atoms with Gasteiger partial charge in [-0.1, -0.05) is 86.4 Å². The number of fused-ring (bicyclic) bond motifs is 2. The molecule has 4 aliphatic rings. The Morgan fingerprint density at radius 2 is 0.990 bits per heavy atom. The largest absolute Gasteiger partial charge is 0.490 e. The number of carbonyl (C=O) groups excluding carboxylic acids is 10. The molecule has 7 amide bonds. The van der Waals surface area contributed by atoms with Crippen LogP contribution in [0.2, 0.25) is 0 Å². The van der Waals surface area contributed by atoms with E-state index >= 15 is 0 Å². The third kappa shape index (κ3) is 25.7. The predicted molar refractivity (Wildman–Crippen MR) is 349 cm³/mol. The van der Waals surface area contributed by atoms with Gasteiger partial charge in [-0.05, 0) is 114 Å². The number of carbonyl (C=O) groups is 12. The first kappa shape index (κ1) is 83.6. The third-order valence-corrected chi connectivity index (χ3v) is 17.9. The van der Waals surface area contributed by atoms with Gasteiger partial charge in [0.15, 0.2) is 11.6 Å². The molecule has 2 aromatic rings. The van der Waals surface area contributed by atoms with Gasteiger partial charge in [0.2, 0.25) is 41.4 Å². The van der Waals surface area contributed by atoms with E-state index in [4.69, 9.17) is 19.8 Å². The topological polar surface area (TPSA) is 376 Å². The van der Waals surface area contributed by atoms with Gasteiger partial charge in [0, 0.05) is 95.2 Å². The molecule has 25 nitrogen and oxygen atoms in total. The maximum absolute atomic E-state index is 14.2. The number of nitrogens with zero attached hydrogens (tertiary/aromatic N) is 2. The normalized spacial score (nSPS) is 21.3. The summed E-state index contributed by atoms with van der Waals surface area (Å²) in [5, 5.41) is 55.0. The number of aliphatic carboxylic acids is 2. The number of Topliss-reactive ketones (excluding diaryl/α,β-unsaturated/α-hetero) is 3. The van der Waals surface area contributed by atoms with Gasteiger partial charge in [-0.2, -0.15) is 26.3 Å². The van der Waals surface area contributed by atoms with Crippen molar-refractivity contribution in [2.24, 2.45) is 11.8 Å². The fourth-order valence-corrected chi connectivity index (χ4v) is 12.4. The second-order valence-electron chi connectivity index (χ2n) is 24.5. The van der Waals surface area contributed by atoms with Crippen molar-refractivity contribution in [2.45, 2.75) is 208 Å². The number of aliphatic hydroxyl groups excluding tert-OH is 2. The maximum Gasteiger partial charge on any atom is 0.490 e. The minimum absolute atomic E-state index is 0.0409. The highest BCUT2D eigenvalue weighted by Gasteiger charge is 2.50. The smallest absolute Gasteiger partial charge is 0.475 e. The number of amides is 7. The summed E-state index contributed by atoms with van der Waals surface area (Å²) in [6, 6.07) is 11.6. The van der Waals surface area contributed by atoms with Gasteiger partial charge >= 0.3 is 24.3 Å². The quantitative estimate of drug-likeness (QED) is 0.0290. The van der Waals surface area contributed by atoms with Crippen LogP contribution >= 0.6 is 0 Å². The molecular formula is C69H91F6N9O16. The summed E-state index contributed by atoms with van der Waals surface area (Å²) >= 11 is 0. The third-order valence-electron chi connectivity index (χ3n) is 17.9. The molecule has 6 rings (SSSR count). The molecule has 100 heavy (non-hydrogen) atoms. The number of hydrogen-bond acceptors (Lipinski definition) is 16. The van der Waals surface area contributed by atoms with Crippen molar-refractivity contribution >= 4 is 70.6 Å². The lowest BCUT2D eigenvalue weighted by molar-refractivity contribution is -0.193. The average molecular weight is 1420 g/mol. The van der Waals surface area contributed by atoms with Crippen molar-refractivity contribution < 1.29 is 104 Å². The minimum Gasteiger partial charge on any atom is -0.475 e. The molecule has 0 saturated carbocycles. The number of likely N-dealkylation sites (N-methyl/N-ethyl adjacent to an activating group) is 2. The van der Waals surface area contributed by atoms with Crippen LogP contribution in [-0.4, -0.2) is 202 Å².